The number of nitro groups is 1. The van der Waals surface area contributed by atoms with Gasteiger partial charge in [-0.25, -0.2) is 9.18 Å². The van der Waals surface area contributed by atoms with Crippen LogP contribution in [0.4, 0.5) is 20.6 Å². The lowest BCUT2D eigenvalue weighted by atomic mass is 10.0. The second-order valence-electron chi connectivity index (χ2n) is 9.89. The van der Waals surface area contributed by atoms with Crippen molar-refractivity contribution >= 4 is 35.2 Å². The van der Waals surface area contributed by atoms with E-state index in [0.29, 0.717) is 5.69 Å². The number of hydrogen-bond acceptors (Lipinski definition) is 6. The molecule has 1 aliphatic heterocycles. The molecule has 2 unspecified atom stereocenters. The van der Waals surface area contributed by atoms with Crippen molar-refractivity contribution in [2.75, 3.05) is 18.4 Å². The summed E-state index contributed by atoms with van der Waals surface area (Å²) in [4.78, 5) is 65.2. The summed E-state index contributed by atoms with van der Waals surface area (Å²) in [5.41, 5.74) is 2.02. The number of aryl methyl sites for hydroxylation is 2. The molecule has 1 saturated heterocycles. The van der Waals surface area contributed by atoms with Crippen LogP contribution in [0.2, 0.25) is 0 Å². The van der Waals surface area contributed by atoms with Crippen molar-refractivity contribution in [3.8, 4) is 0 Å². The molecule has 3 N–H and O–H groups in total. The molecule has 4 amide bonds. The number of nitrogens with one attached hydrogen (secondary N) is 2. The smallest absolute Gasteiger partial charge is 0.323 e. The number of aliphatic carboxylic acids is 1. The minimum atomic E-state index is -1.54. The number of rotatable bonds is 8. The maximum atomic E-state index is 13.9. The first kappa shape index (κ1) is 29.6. The Labute approximate surface area is 239 Å². The number of urea groups is 1. The van der Waals surface area contributed by atoms with Gasteiger partial charge in [0.05, 0.1) is 17.4 Å². The Morgan fingerprint density at radius 2 is 1.67 bits per heavy atom. The number of halogens is 1. The molecular formula is C29H28FN5O7. The first-order valence-corrected chi connectivity index (χ1v) is 12.9. The number of amides is 4. The summed E-state index contributed by atoms with van der Waals surface area (Å²) in [6.07, 6.45) is -2.17. The van der Waals surface area contributed by atoms with Crippen molar-refractivity contribution in [3.63, 3.8) is 0 Å². The van der Waals surface area contributed by atoms with E-state index >= 15 is 0 Å². The molecular weight excluding hydrogens is 549 g/mol. The fourth-order valence-electron chi connectivity index (χ4n) is 4.89. The fraction of sp³-hybridized carbons (Fsp3) is 0.241. The van der Waals surface area contributed by atoms with E-state index in [0.717, 1.165) is 39.1 Å². The molecule has 2 atom stereocenters. The Morgan fingerprint density at radius 3 is 2.31 bits per heavy atom. The van der Waals surface area contributed by atoms with Crippen LogP contribution in [0.15, 0.2) is 66.7 Å². The lowest BCUT2D eigenvalue weighted by Gasteiger charge is -2.31. The van der Waals surface area contributed by atoms with Gasteiger partial charge in [-0.1, -0.05) is 24.3 Å². The van der Waals surface area contributed by atoms with E-state index in [1.54, 1.807) is 12.1 Å². The van der Waals surface area contributed by atoms with Crippen LogP contribution in [0.3, 0.4) is 0 Å². The summed E-state index contributed by atoms with van der Waals surface area (Å²) in [5, 5.41) is 26.1. The van der Waals surface area contributed by atoms with Gasteiger partial charge in [-0.3, -0.25) is 29.4 Å². The summed E-state index contributed by atoms with van der Waals surface area (Å²) in [7, 11) is 0. The number of anilines is 1. The van der Waals surface area contributed by atoms with Crippen molar-refractivity contribution in [2.45, 2.75) is 32.5 Å². The average molecular weight is 578 g/mol. The molecule has 0 radical (unpaired) electrons. The summed E-state index contributed by atoms with van der Waals surface area (Å²) in [6.45, 7) is 3.57. The van der Waals surface area contributed by atoms with Crippen LogP contribution in [0.1, 0.15) is 39.5 Å². The highest BCUT2D eigenvalue weighted by molar-refractivity contribution is 6.00. The van der Waals surface area contributed by atoms with Crippen LogP contribution in [0, 0.1) is 29.8 Å². The molecule has 0 bridgehead atoms. The number of carbonyl (C=O) groups is 4. The van der Waals surface area contributed by atoms with Crippen molar-refractivity contribution in [2.24, 2.45) is 0 Å². The number of non-ortho nitro benzene ring substituents is 1. The number of carboxylic acids is 1. The Morgan fingerprint density at radius 1 is 1.00 bits per heavy atom. The number of hydrogen-bond donors (Lipinski definition) is 3. The molecule has 0 aliphatic carbocycles. The van der Waals surface area contributed by atoms with E-state index in [4.69, 9.17) is 0 Å². The summed E-state index contributed by atoms with van der Waals surface area (Å²) < 4.78 is 13.9. The number of nitro benzene ring substituents is 1. The Hall–Kier alpha value is -5.33. The van der Waals surface area contributed by atoms with E-state index in [-0.39, 0.29) is 29.9 Å². The second kappa shape index (κ2) is 12.5. The minimum Gasteiger partial charge on any atom is -0.481 e. The van der Waals surface area contributed by atoms with Crippen molar-refractivity contribution in [1.82, 2.24) is 15.1 Å². The van der Waals surface area contributed by atoms with Crippen LogP contribution in [-0.4, -0.2) is 62.9 Å². The predicted molar refractivity (Wildman–Crippen MR) is 149 cm³/mol. The van der Waals surface area contributed by atoms with Gasteiger partial charge in [-0.15, -0.1) is 0 Å². The molecule has 3 aromatic rings. The molecule has 42 heavy (non-hydrogen) atoms. The number of benzene rings is 3. The van der Waals surface area contributed by atoms with Crippen LogP contribution < -0.4 is 10.6 Å². The lowest BCUT2D eigenvalue weighted by molar-refractivity contribution is -0.384. The summed E-state index contributed by atoms with van der Waals surface area (Å²) in [6, 6.07) is 13.5. The van der Waals surface area contributed by atoms with Gasteiger partial charge in [0.15, 0.2) is 6.17 Å². The predicted octanol–water partition coefficient (Wildman–Crippen LogP) is 4.00. The maximum absolute atomic E-state index is 13.9. The molecule has 1 heterocycles. The summed E-state index contributed by atoms with van der Waals surface area (Å²) >= 11 is 0. The van der Waals surface area contributed by atoms with Gasteiger partial charge in [-0.2, -0.15) is 0 Å². The quantitative estimate of drug-likeness (QED) is 0.269. The van der Waals surface area contributed by atoms with Crippen molar-refractivity contribution in [3.05, 3.63) is 105 Å². The topological polar surface area (TPSA) is 162 Å². The monoisotopic (exact) mass is 577 g/mol. The largest absolute Gasteiger partial charge is 0.481 e. The SMILES string of the molecule is Cc1cc(C)cc(NC(=O)N2CCN(C(=O)c3cccc(F)c3)C2C(=O)NC(CC(=O)O)c2cccc([N+](=O)[O-])c2)c1. The number of nitrogens with zero attached hydrogens (tertiary/aromatic N) is 3. The second-order valence-corrected chi connectivity index (χ2v) is 9.89. The molecule has 12 nitrogen and oxygen atoms in total. The van der Waals surface area contributed by atoms with Gasteiger partial charge in [-0.05, 0) is 60.9 Å². The molecule has 1 fully saturated rings. The average Bonchev–Trinajstić information content (AvgIpc) is 3.37. The summed E-state index contributed by atoms with van der Waals surface area (Å²) in [5.74, 6) is -3.58. The van der Waals surface area contributed by atoms with Gasteiger partial charge in [0.25, 0.3) is 17.5 Å². The van der Waals surface area contributed by atoms with Gasteiger partial charge >= 0.3 is 12.0 Å². The molecule has 3 aromatic carbocycles. The van der Waals surface area contributed by atoms with Gasteiger partial charge in [0.1, 0.15) is 5.82 Å². The molecule has 1 aliphatic rings. The van der Waals surface area contributed by atoms with Gasteiger partial charge in [0.2, 0.25) is 0 Å². The van der Waals surface area contributed by atoms with Crippen LogP contribution in [0.25, 0.3) is 0 Å². The molecule has 4 rings (SSSR count). The Bertz CT molecular complexity index is 1540. The van der Waals surface area contributed by atoms with Crippen molar-refractivity contribution < 1.29 is 33.6 Å². The van der Waals surface area contributed by atoms with E-state index in [1.165, 1.54) is 30.3 Å². The third kappa shape index (κ3) is 6.86. The van der Waals surface area contributed by atoms with Crippen LogP contribution in [0.5, 0.6) is 0 Å². The Balaban J connectivity index is 1.68. The van der Waals surface area contributed by atoms with Gasteiger partial charge in [0, 0.05) is 36.5 Å². The highest BCUT2D eigenvalue weighted by Crippen LogP contribution is 2.25. The maximum Gasteiger partial charge on any atom is 0.323 e. The lowest BCUT2D eigenvalue weighted by Crippen LogP contribution is -2.55. The standard InChI is InChI=1S/C29H28FN5O7/c1-17-11-18(2)13-22(12-17)31-29(40)34-10-9-33(28(39)20-6-3-7-21(30)14-20)27(34)26(38)32-24(16-25(36)37)19-5-4-8-23(15-19)35(41)42/h3-8,11-15,24,27H,9-10,16H2,1-2H3,(H,31,40)(H,32,38)(H,36,37). The zero-order chi connectivity index (χ0) is 30.6. The number of carbonyl (C=O) groups excluding carboxylic acids is 3. The first-order valence-electron chi connectivity index (χ1n) is 12.9. The van der Waals surface area contributed by atoms with E-state index in [2.05, 4.69) is 10.6 Å². The van der Waals surface area contributed by atoms with Crippen LogP contribution >= 0.6 is 0 Å². The molecule has 13 heteroatoms. The Kier molecular flexibility index (Phi) is 8.79. The number of carboxylic acid groups (broad SMARTS) is 1. The first-order chi connectivity index (χ1) is 19.9. The van der Waals surface area contributed by atoms with Crippen molar-refractivity contribution in [1.29, 1.82) is 0 Å². The fourth-order valence-corrected chi connectivity index (χ4v) is 4.89. The van der Waals surface area contributed by atoms with Gasteiger partial charge < -0.3 is 20.6 Å². The highest BCUT2D eigenvalue weighted by Gasteiger charge is 2.44. The highest BCUT2D eigenvalue weighted by atomic mass is 19.1. The van der Waals surface area contributed by atoms with Crippen LogP contribution in [-0.2, 0) is 9.59 Å². The molecule has 0 aromatic heterocycles. The zero-order valence-electron chi connectivity index (χ0n) is 22.7. The zero-order valence-corrected chi connectivity index (χ0v) is 22.7. The third-order valence-corrected chi connectivity index (χ3v) is 6.65. The third-order valence-electron chi connectivity index (χ3n) is 6.65. The van der Waals surface area contributed by atoms with E-state index in [9.17, 15) is 38.8 Å². The van der Waals surface area contributed by atoms with E-state index in [1.807, 2.05) is 19.9 Å². The molecule has 218 valence electrons. The van der Waals surface area contributed by atoms with E-state index < -0.39 is 53.2 Å². The molecule has 0 spiro atoms. The molecule has 0 saturated carbocycles. The normalized spacial score (nSPS) is 15.2. The minimum absolute atomic E-state index is 0.0508.